The molecule has 0 bridgehead atoms. The second-order valence-corrected chi connectivity index (χ2v) is 6.50. The van der Waals surface area contributed by atoms with Crippen LogP contribution in [0.5, 0.6) is 0 Å². The van der Waals surface area contributed by atoms with Crippen molar-refractivity contribution in [3.63, 3.8) is 0 Å². The van der Waals surface area contributed by atoms with E-state index in [1.807, 2.05) is 0 Å². The van der Waals surface area contributed by atoms with E-state index in [0.29, 0.717) is 18.5 Å². The SMILES string of the molecule is CC1CN(C(CN)c2ccc(C3CC3C)o2)C(C)CO1. The Morgan fingerprint density at radius 3 is 2.75 bits per heavy atom. The van der Waals surface area contributed by atoms with Gasteiger partial charge in [0.1, 0.15) is 11.5 Å². The highest BCUT2D eigenvalue weighted by molar-refractivity contribution is 5.19. The van der Waals surface area contributed by atoms with E-state index < -0.39 is 0 Å². The molecular formula is C16H26N2O2. The largest absolute Gasteiger partial charge is 0.464 e. The first-order valence-corrected chi connectivity index (χ1v) is 7.77. The number of furan rings is 1. The summed E-state index contributed by atoms with van der Waals surface area (Å²) < 4.78 is 11.8. The molecule has 1 aliphatic heterocycles. The van der Waals surface area contributed by atoms with Crippen molar-refractivity contribution in [2.45, 2.75) is 51.3 Å². The van der Waals surface area contributed by atoms with E-state index in [-0.39, 0.29) is 12.1 Å². The van der Waals surface area contributed by atoms with Crippen LogP contribution in [0.15, 0.2) is 16.5 Å². The maximum atomic E-state index is 6.11. The Kier molecular flexibility index (Phi) is 3.89. The van der Waals surface area contributed by atoms with Crippen molar-refractivity contribution in [1.82, 2.24) is 4.90 Å². The van der Waals surface area contributed by atoms with Crippen molar-refractivity contribution < 1.29 is 9.15 Å². The molecule has 1 aliphatic carbocycles. The van der Waals surface area contributed by atoms with E-state index in [0.717, 1.165) is 30.6 Å². The fourth-order valence-electron chi connectivity index (χ4n) is 3.24. The van der Waals surface area contributed by atoms with Gasteiger partial charge < -0.3 is 14.9 Å². The third-order valence-electron chi connectivity index (χ3n) is 4.73. The standard InChI is InChI=1S/C16H26N2O2/c1-10-6-13(10)15-4-5-16(20-15)14(7-17)18-8-12(3)19-9-11(18)2/h4-5,10-14H,6-9,17H2,1-3H3. The highest BCUT2D eigenvalue weighted by Crippen LogP contribution is 2.47. The van der Waals surface area contributed by atoms with Gasteiger partial charge in [-0.1, -0.05) is 6.92 Å². The highest BCUT2D eigenvalue weighted by atomic mass is 16.5. The summed E-state index contributed by atoms with van der Waals surface area (Å²) in [6.45, 7) is 8.86. The third-order valence-corrected chi connectivity index (χ3v) is 4.73. The van der Waals surface area contributed by atoms with Gasteiger partial charge in [0.25, 0.3) is 0 Å². The van der Waals surface area contributed by atoms with Crippen molar-refractivity contribution >= 4 is 0 Å². The minimum atomic E-state index is 0.166. The molecule has 5 atom stereocenters. The molecule has 4 heteroatoms. The molecule has 1 aromatic heterocycles. The van der Waals surface area contributed by atoms with E-state index in [9.17, 15) is 0 Å². The second kappa shape index (κ2) is 5.51. The molecule has 20 heavy (non-hydrogen) atoms. The maximum Gasteiger partial charge on any atom is 0.122 e. The Balaban J connectivity index is 1.76. The molecular weight excluding hydrogens is 252 g/mol. The van der Waals surface area contributed by atoms with Gasteiger partial charge in [-0.05, 0) is 38.3 Å². The van der Waals surface area contributed by atoms with Crippen molar-refractivity contribution in [2.24, 2.45) is 11.7 Å². The molecule has 3 rings (SSSR count). The van der Waals surface area contributed by atoms with E-state index in [1.165, 1.54) is 6.42 Å². The van der Waals surface area contributed by atoms with Crippen LogP contribution in [0, 0.1) is 5.92 Å². The van der Waals surface area contributed by atoms with Gasteiger partial charge in [-0.3, -0.25) is 4.90 Å². The van der Waals surface area contributed by atoms with Crippen LogP contribution in [-0.4, -0.2) is 36.7 Å². The Bertz CT molecular complexity index is 459. The normalized spacial score (nSPS) is 36.0. The van der Waals surface area contributed by atoms with E-state index in [4.69, 9.17) is 14.9 Å². The molecule has 4 nitrogen and oxygen atoms in total. The molecule has 1 aromatic rings. The summed E-state index contributed by atoms with van der Waals surface area (Å²) in [5, 5.41) is 0. The minimum absolute atomic E-state index is 0.166. The van der Waals surface area contributed by atoms with Gasteiger partial charge in [-0.15, -0.1) is 0 Å². The van der Waals surface area contributed by atoms with Gasteiger partial charge in [-0.2, -0.15) is 0 Å². The molecule has 2 N–H and O–H groups in total. The summed E-state index contributed by atoms with van der Waals surface area (Å²) in [6, 6.07) is 4.80. The van der Waals surface area contributed by atoms with Gasteiger partial charge in [0.05, 0.1) is 18.8 Å². The quantitative estimate of drug-likeness (QED) is 0.919. The molecule has 5 unspecified atom stereocenters. The number of morpholine rings is 1. The molecule has 112 valence electrons. The molecule has 0 radical (unpaired) electrons. The van der Waals surface area contributed by atoms with Gasteiger partial charge in [0, 0.05) is 25.0 Å². The van der Waals surface area contributed by atoms with Crippen LogP contribution in [-0.2, 0) is 4.74 Å². The second-order valence-electron chi connectivity index (χ2n) is 6.50. The summed E-state index contributed by atoms with van der Waals surface area (Å²) in [4.78, 5) is 2.42. The van der Waals surface area contributed by atoms with Gasteiger partial charge >= 0.3 is 0 Å². The van der Waals surface area contributed by atoms with E-state index in [1.54, 1.807) is 0 Å². The molecule has 1 saturated carbocycles. The van der Waals surface area contributed by atoms with Crippen molar-refractivity contribution in [2.75, 3.05) is 19.7 Å². The highest BCUT2D eigenvalue weighted by Gasteiger charge is 2.38. The lowest BCUT2D eigenvalue weighted by Crippen LogP contribution is -2.50. The Labute approximate surface area is 121 Å². The van der Waals surface area contributed by atoms with Crippen LogP contribution in [0.3, 0.4) is 0 Å². The van der Waals surface area contributed by atoms with E-state index in [2.05, 4.69) is 37.8 Å². The average molecular weight is 278 g/mol. The molecule has 0 spiro atoms. The van der Waals surface area contributed by atoms with E-state index >= 15 is 0 Å². The zero-order valence-corrected chi connectivity index (χ0v) is 12.7. The average Bonchev–Trinajstić information content (AvgIpc) is 2.97. The minimum Gasteiger partial charge on any atom is -0.464 e. The molecule has 2 aliphatic rings. The zero-order valence-electron chi connectivity index (χ0n) is 12.7. The molecule has 2 fully saturated rings. The number of hydrogen-bond donors (Lipinski definition) is 1. The van der Waals surface area contributed by atoms with Crippen molar-refractivity contribution in [3.05, 3.63) is 23.7 Å². The fraction of sp³-hybridized carbons (Fsp3) is 0.750. The maximum absolute atomic E-state index is 6.11. The first-order chi connectivity index (χ1) is 9.60. The van der Waals surface area contributed by atoms with Crippen LogP contribution >= 0.6 is 0 Å². The predicted molar refractivity (Wildman–Crippen MR) is 78.6 cm³/mol. The Hall–Kier alpha value is -0.840. The Morgan fingerprint density at radius 1 is 1.35 bits per heavy atom. The predicted octanol–water partition coefficient (Wildman–Crippen LogP) is 2.51. The van der Waals surface area contributed by atoms with Crippen LogP contribution < -0.4 is 5.73 Å². The smallest absolute Gasteiger partial charge is 0.122 e. The van der Waals surface area contributed by atoms with Gasteiger partial charge in [0.2, 0.25) is 0 Å². The molecule has 0 aromatic carbocycles. The summed E-state index contributed by atoms with van der Waals surface area (Å²) in [5.74, 6) is 3.55. The number of hydrogen-bond acceptors (Lipinski definition) is 4. The Morgan fingerprint density at radius 2 is 2.10 bits per heavy atom. The summed E-state index contributed by atoms with van der Waals surface area (Å²) in [6.07, 6.45) is 1.52. The van der Waals surface area contributed by atoms with Gasteiger partial charge in [0.15, 0.2) is 0 Å². The molecule has 0 amide bonds. The lowest BCUT2D eigenvalue weighted by atomic mass is 10.1. The van der Waals surface area contributed by atoms with Crippen LogP contribution in [0.4, 0.5) is 0 Å². The summed E-state index contributed by atoms with van der Waals surface area (Å²) >= 11 is 0. The van der Waals surface area contributed by atoms with Crippen LogP contribution in [0.1, 0.15) is 50.7 Å². The van der Waals surface area contributed by atoms with Crippen molar-refractivity contribution in [3.8, 4) is 0 Å². The summed E-state index contributed by atoms with van der Waals surface area (Å²) in [5.41, 5.74) is 6.03. The van der Waals surface area contributed by atoms with Crippen LogP contribution in [0.2, 0.25) is 0 Å². The molecule has 2 heterocycles. The third kappa shape index (κ3) is 2.65. The van der Waals surface area contributed by atoms with Crippen molar-refractivity contribution in [1.29, 1.82) is 0 Å². The molecule has 1 saturated heterocycles. The lowest BCUT2D eigenvalue weighted by molar-refractivity contribution is -0.0682. The number of nitrogens with zero attached hydrogens (tertiary/aromatic N) is 1. The summed E-state index contributed by atoms with van der Waals surface area (Å²) in [7, 11) is 0. The fourth-order valence-corrected chi connectivity index (χ4v) is 3.24. The number of ether oxygens (including phenoxy) is 1. The lowest BCUT2D eigenvalue weighted by Gasteiger charge is -2.40. The number of nitrogens with two attached hydrogens (primary N) is 1. The topological polar surface area (TPSA) is 51.6 Å². The monoisotopic (exact) mass is 278 g/mol. The van der Waals surface area contributed by atoms with Gasteiger partial charge in [-0.25, -0.2) is 0 Å². The number of rotatable bonds is 4. The first kappa shape index (κ1) is 14.1. The van der Waals surface area contributed by atoms with Crippen LogP contribution in [0.25, 0.3) is 0 Å². The first-order valence-electron chi connectivity index (χ1n) is 7.77. The zero-order chi connectivity index (χ0) is 14.3.